The molecule has 0 aromatic carbocycles. The zero-order valence-electron chi connectivity index (χ0n) is 10.5. The minimum Gasteiger partial charge on any atom is -0.382 e. The predicted molar refractivity (Wildman–Crippen MR) is 67.9 cm³/mol. The summed E-state index contributed by atoms with van der Waals surface area (Å²) >= 11 is 0. The van der Waals surface area contributed by atoms with E-state index in [1.807, 2.05) is 12.3 Å². The number of methoxy groups -OCH3 is 1. The van der Waals surface area contributed by atoms with E-state index >= 15 is 0 Å². The minimum absolute atomic E-state index is 0.680. The Kier molecular flexibility index (Phi) is 8.46. The fourth-order valence-electron chi connectivity index (χ4n) is 1.43. The van der Waals surface area contributed by atoms with Gasteiger partial charge in [0.1, 0.15) is 0 Å². The molecule has 4 heteroatoms. The van der Waals surface area contributed by atoms with Crippen molar-refractivity contribution in [3.05, 3.63) is 30.1 Å². The molecule has 0 bridgehead atoms. The molecule has 0 fully saturated rings. The van der Waals surface area contributed by atoms with E-state index in [1.54, 1.807) is 13.3 Å². The molecular formula is C13H22N2O2. The fraction of sp³-hybridized carbons (Fsp3) is 0.615. The van der Waals surface area contributed by atoms with Crippen LogP contribution in [0.1, 0.15) is 18.4 Å². The molecule has 0 aliphatic heterocycles. The van der Waals surface area contributed by atoms with Gasteiger partial charge >= 0.3 is 0 Å². The van der Waals surface area contributed by atoms with E-state index < -0.39 is 0 Å². The summed E-state index contributed by atoms with van der Waals surface area (Å²) in [7, 11) is 1.69. The Labute approximate surface area is 103 Å². The topological polar surface area (TPSA) is 43.4 Å². The van der Waals surface area contributed by atoms with Gasteiger partial charge in [-0.05, 0) is 31.0 Å². The normalized spacial score (nSPS) is 10.6. The van der Waals surface area contributed by atoms with Gasteiger partial charge in [-0.3, -0.25) is 4.98 Å². The third-order valence-corrected chi connectivity index (χ3v) is 2.38. The van der Waals surface area contributed by atoms with Gasteiger partial charge in [-0.25, -0.2) is 0 Å². The Morgan fingerprint density at radius 3 is 2.94 bits per heavy atom. The van der Waals surface area contributed by atoms with Gasteiger partial charge in [0, 0.05) is 32.7 Å². The summed E-state index contributed by atoms with van der Waals surface area (Å²) < 4.78 is 10.3. The lowest BCUT2D eigenvalue weighted by Crippen LogP contribution is -2.15. The highest BCUT2D eigenvalue weighted by Gasteiger charge is 1.92. The standard InChI is InChI=1S/C13H22N2O2/c1-16-9-10-17-8-3-2-6-14-11-13-5-4-7-15-12-13/h4-5,7,12,14H,2-3,6,8-11H2,1H3. The largest absolute Gasteiger partial charge is 0.382 e. The van der Waals surface area contributed by atoms with Crippen LogP contribution >= 0.6 is 0 Å². The average molecular weight is 238 g/mol. The summed E-state index contributed by atoms with van der Waals surface area (Å²) in [6.45, 7) is 4.09. The number of nitrogens with one attached hydrogen (secondary N) is 1. The first kappa shape index (κ1) is 14.1. The lowest BCUT2D eigenvalue weighted by molar-refractivity contribution is 0.0688. The van der Waals surface area contributed by atoms with Crippen molar-refractivity contribution in [3.63, 3.8) is 0 Å². The zero-order chi connectivity index (χ0) is 12.2. The van der Waals surface area contributed by atoms with Crippen molar-refractivity contribution in [1.29, 1.82) is 0 Å². The Balaban J connectivity index is 1.85. The molecule has 1 heterocycles. The maximum absolute atomic E-state index is 5.38. The Hall–Kier alpha value is -0.970. The average Bonchev–Trinajstić information content (AvgIpc) is 2.38. The van der Waals surface area contributed by atoms with Crippen LogP contribution < -0.4 is 5.32 Å². The van der Waals surface area contributed by atoms with Crippen LogP contribution in [0, 0.1) is 0 Å². The van der Waals surface area contributed by atoms with Crippen LogP contribution in [0.4, 0.5) is 0 Å². The highest BCUT2D eigenvalue weighted by atomic mass is 16.5. The summed E-state index contributed by atoms with van der Waals surface area (Å²) in [5, 5.41) is 3.38. The van der Waals surface area contributed by atoms with Crippen molar-refractivity contribution in [2.24, 2.45) is 0 Å². The molecule has 0 saturated carbocycles. The Bertz CT molecular complexity index is 267. The molecule has 0 aliphatic rings. The maximum atomic E-state index is 5.38. The highest BCUT2D eigenvalue weighted by Crippen LogP contribution is 1.95. The molecule has 0 spiro atoms. The third-order valence-electron chi connectivity index (χ3n) is 2.38. The van der Waals surface area contributed by atoms with Gasteiger partial charge in [0.25, 0.3) is 0 Å². The van der Waals surface area contributed by atoms with Gasteiger partial charge in [0.15, 0.2) is 0 Å². The van der Waals surface area contributed by atoms with Gasteiger partial charge in [-0.1, -0.05) is 6.07 Å². The zero-order valence-corrected chi connectivity index (χ0v) is 10.5. The first-order chi connectivity index (χ1) is 8.43. The maximum Gasteiger partial charge on any atom is 0.0700 e. The molecule has 0 amide bonds. The van der Waals surface area contributed by atoms with Gasteiger partial charge in [0.05, 0.1) is 13.2 Å². The third kappa shape index (κ3) is 7.85. The van der Waals surface area contributed by atoms with Gasteiger partial charge < -0.3 is 14.8 Å². The number of hydrogen-bond acceptors (Lipinski definition) is 4. The van der Waals surface area contributed by atoms with Gasteiger partial charge in [-0.2, -0.15) is 0 Å². The summed E-state index contributed by atoms with van der Waals surface area (Å²) in [6, 6.07) is 4.04. The SMILES string of the molecule is COCCOCCCCNCc1cccnc1. The fourth-order valence-corrected chi connectivity index (χ4v) is 1.43. The summed E-state index contributed by atoms with van der Waals surface area (Å²) in [6.07, 6.45) is 5.90. The lowest BCUT2D eigenvalue weighted by atomic mass is 10.2. The lowest BCUT2D eigenvalue weighted by Gasteiger charge is -2.05. The smallest absolute Gasteiger partial charge is 0.0700 e. The Morgan fingerprint density at radius 2 is 2.18 bits per heavy atom. The number of ether oxygens (including phenoxy) is 2. The van der Waals surface area contributed by atoms with E-state index in [9.17, 15) is 0 Å². The first-order valence-corrected chi connectivity index (χ1v) is 6.10. The number of unbranched alkanes of at least 4 members (excludes halogenated alkanes) is 1. The first-order valence-electron chi connectivity index (χ1n) is 6.10. The van der Waals surface area contributed by atoms with E-state index in [1.165, 1.54) is 5.56 Å². The number of hydrogen-bond donors (Lipinski definition) is 1. The van der Waals surface area contributed by atoms with Gasteiger partial charge in [0.2, 0.25) is 0 Å². The second-order valence-corrected chi connectivity index (χ2v) is 3.85. The molecule has 1 N–H and O–H groups in total. The minimum atomic E-state index is 0.680. The van der Waals surface area contributed by atoms with Crippen LogP contribution in [0.5, 0.6) is 0 Å². The number of nitrogens with zero attached hydrogens (tertiary/aromatic N) is 1. The van der Waals surface area contributed by atoms with Crippen LogP contribution in [-0.4, -0.2) is 38.5 Å². The van der Waals surface area contributed by atoms with Crippen molar-refractivity contribution in [2.75, 3.05) is 33.5 Å². The summed E-state index contributed by atoms with van der Waals surface area (Å²) in [5.74, 6) is 0. The van der Waals surface area contributed by atoms with Crippen molar-refractivity contribution in [3.8, 4) is 0 Å². The molecule has 0 unspecified atom stereocenters. The second kappa shape index (κ2) is 10.2. The van der Waals surface area contributed by atoms with E-state index in [0.717, 1.165) is 32.5 Å². The van der Waals surface area contributed by atoms with Crippen LogP contribution in [-0.2, 0) is 16.0 Å². The second-order valence-electron chi connectivity index (χ2n) is 3.85. The molecule has 0 saturated heterocycles. The molecule has 17 heavy (non-hydrogen) atoms. The molecule has 4 nitrogen and oxygen atoms in total. The van der Waals surface area contributed by atoms with Crippen molar-refractivity contribution in [1.82, 2.24) is 10.3 Å². The monoisotopic (exact) mass is 238 g/mol. The van der Waals surface area contributed by atoms with Crippen molar-refractivity contribution >= 4 is 0 Å². The van der Waals surface area contributed by atoms with Crippen LogP contribution in [0.2, 0.25) is 0 Å². The van der Waals surface area contributed by atoms with Gasteiger partial charge in [-0.15, -0.1) is 0 Å². The van der Waals surface area contributed by atoms with Crippen LogP contribution in [0.25, 0.3) is 0 Å². The quantitative estimate of drug-likeness (QED) is 0.629. The predicted octanol–water partition coefficient (Wildman–Crippen LogP) is 1.61. The molecule has 0 radical (unpaired) electrons. The number of aromatic nitrogens is 1. The number of pyridine rings is 1. The molecule has 1 aromatic rings. The molecule has 1 aromatic heterocycles. The van der Waals surface area contributed by atoms with E-state index in [-0.39, 0.29) is 0 Å². The summed E-state index contributed by atoms with van der Waals surface area (Å²) in [4.78, 5) is 4.07. The molecule has 1 rings (SSSR count). The van der Waals surface area contributed by atoms with Crippen LogP contribution in [0.3, 0.4) is 0 Å². The molecule has 0 atom stereocenters. The summed E-state index contributed by atoms with van der Waals surface area (Å²) in [5.41, 5.74) is 1.23. The number of rotatable bonds is 10. The van der Waals surface area contributed by atoms with Crippen molar-refractivity contribution < 1.29 is 9.47 Å². The molecule has 96 valence electrons. The Morgan fingerprint density at radius 1 is 1.24 bits per heavy atom. The van der Waals surface area contributed by atoms with Crippen molar-refractivity contribution in [2.45, 2.75) is 19.4 Å². The van der Waals surface area contributed by atoms with Crippen LogP contribution in [0.15, 0.2) is 24.5 Å². The highest BCUT2D eigenvalue weighted by molar-refractivity contribution is 5.07. The van der Waals surface area contributed by atoms with E-state index in [2.05, 4.69) is 16.4 Å². The molecule has 0 aliphatic carbocycles. The molecular weight excluding hydrogens is 216 g/mol. The van der Waals surface area contributed by atoms with E-state index in [0.29, 0.717) is 13.2 Å². The van der Waals surface area contributed by atoms with E-state index in [4.69, 9.17) is 9.47 Å².